The summed E-state index contributed by atoms with van der Waals surface area (Å²) < 4.78 is 11.7. The van der Waals surface area contributed by atoms with Crippen molar-refractivity contribution in [1.82, 2.24) is 10.2 Å². The molecule has 1 fully saturated rings. The Kier molecular flexibility index (Phi) is 5.27. The monoisotopic (exact) mass is 406 g/mol. The van der Waals surface area contributed by atoms with E-state index in [0.29, 0.717) is 5.89 Å². The van der Waals surface area contributed by atoms with E-state index in [9.17, 15) is 0 Å². The van der Waals surface area contributed by atoms with Gasteiger partial charge in [0.1, 0.15) is 38.5 Å². The molecule has 6 heteroatoms. The minimum absolute atomic E-state index is 0.217. The molecule has 156 valence electrons. The van der Waals surface area contributed by atoms with Gasteiger partial charge in [0.25, 0.3) is 5.89 Å². The van der Waals surface area contributed by atoms with Crippen LogP contribution in [0.5, 0.6) is 5.75 Å². The highest BCUT2D eigenvalue weighted by atomic mass is 16.5. The second-order valence-electron chi connectivity index (χ2n) is 8.66. The molecule has 30 heavy (non-hydrogen) atoms. The zero-order valence-electron chi connectivity index (χ0n) is 17.8. The smallest absolute Gasteiger partial charge is 0.274 e. The van der Waals surface area contributed by atoms with E-state index in [1.165, 1.54) is 21.6 Å². The fraction of sp³-hybridized carbons (Fsp3) is 0.417. The first-order valence-corrected chi connectivity index (χ1v) is 11.0. The molecule has 0 unspecified atom stereocenters. The first-order valence-electron chi connectivity index (χ1n) is 11.0. The molecule has 5 rings (SSSR count). The molecule has 2 aromatic carbocycles. The normalized spacial score (nSPS) is 21.8. The lowest BCUT2D eigenvalue weighted by Crippen LogP contribution is -3.27. The Labute approximate surface area is 177 Å². The second kappa shape index (κ2) is 8.20. The van der Waals surface area contributed by atoms with Gasteiger partial charge in [-0.15, -0.1) is 10.2 Å². The van der Waals surface area contributed by atoms with Crippen LogP contribution >= 0.6 is 0 Å². The third-order valence-corrected chi connectivity index (χ3v) is 6.50. The van der Waals surface area contributed by atoms with Crippen LogP contribution in [0.4, 0.5) is 0 Å². The number of piperazine rings is 1. The van der Waals surface area contributed by atoms with Crippen molar-refractivity contribution in [3.63, 3.8) is 0 Å². The Hall–Kier alpha value is -2.70. The zero-order valence-corrected chi connectivity index (χ0v) is 17.8. The number of rotatable bonds is 5. The Balaban J connectivity index is 1.18. The molecule has 3 heterocycles. The highest BCUT2D eigenvalue weighted by Gasteiger charge is 2.31. The summed E-state index contributed by atoms with van der Waals surface area (Å²) >= 11 is 0. The van der Waals surface area contributed by atoms with Crippen LogP contribution in [-0.4, -0.2) is 43.0 Å². The van der Waals surface area contributed by atoms with Gasteiger partial charge >= 0.3 is 0 Å². The first-order chi connectivity index (χ1) is 14.7. The third-order valence-electron chi connectivity index (χ3n) is 6.50. The molecular weight excluding hydrogens is 376 g/mol. The van der Waals surface area contributed by atoms with Gasteiger partial charge in [-0.2, -0.15) is 0 Å². The predicted octanol–water partition coefficient (Wildman–Crippen LogP) is 1.02. The van der Waals surface area contributed by atoms with E-state index in [-0.39, 0.29) is 6.04 Å². The van der Waals surface area contributed by atoms with Crippen LogP contribution in [0, 0.1) is 6.92 Å². The molecule has 0 saturated carbocycles. The van der Waals surface area contributed by atoms with E-state index in [0.717, 1.165) is 63.0 Å². The topological polar surface area (TPSA) is 57.0 Å². The molecule has 0 bridgehead atoms. The highest BCUT2D eigenvalue weighted by molar-refractivity contribution is 5.53. The number of aromatic nitrogens is 2. The summed E-state index contributed by atoms with van der Waals surface area (Å²) in [5.41, 5.74) is 4.97. The lowest BCUT2D eigenvalue weighted by molar-refractivity contribution is -1.03. The number of quaternary nitrogens is 2. The molecule has 0 spiro atoms. The van der Waals surface area contributed by atoms with Gasteiger partial charge in [-0.1, -0.05) is 17.7 Å². The summed E-state index contributed by atoms with van der Waals surface area (Å²) in [7, 11) is 0. The van der Waals surface area contributed by atoms with Gasteiger partial charge in [-0.05, 0) is 49.7 Å². The second-order valence-corrected chi connectivity index (χ2v) is 8.66. The molecule has 1 aromatic heterocycles. The Morgan fingerprint density at radius 1 is 1.03 bits per heavy atom. The van der Waals surface area contributed by atoms with Crippen molar-refractivity contribution in [2.24, 2.45) is 0 Å². The highest BCUT2D eigenvalue weighted by Crippen LogP contribution is 2.25. The SMILES string of the molecule is Cc1cccc(-c2nnc([C@@H](C)[NH+]3CC[NH+](Cc4ccc5c(c4)CCO5)CC3)o2)c1. The standard InChI is InChI=1S/C24H28N4O2/c1-17-4-3-5-21(14-17)24-26-25-23(30-24)18(2)28-11-9-27(10-12-28)16-19-6-7-22-20(15-19)8-13-29-22/h3-7,14-15,18H,8-13,16H2,1-2H3/p+2/t18-/m1/s1. The minimum Gasteiger partial charge on any atom is -0.493 e. The molecule has 6 nitrogen and oxygen atoms in total. The number of hydrogen-bond acceptors (Lipinski definition) is 4. The van der Waals surface area contributed by atoms with E-state index < -0.39 is 0 Å². The number of hydrogen-bond donors (Lipinski definition) is 2. The van der Waals surface area contributed by atoms with E-state index >= 15 is 0 Å². The number of benzene rings is 2. The summed E-state index contributed by atoms with van der Waals surface area (Å²) in [6.45, 7) is 10.7. The molecule has 0 amide bonds. The van der Waals surface area contributed by atoms with Crippen molar-refractivity contribution >= 4 is 0 Å². The summed E-state index contributed by atoms with van der Waals surface area (Å²) in [6, 6.07) is 15.1. The number of aryl methyl sites for hydroxylation is 1. The molecule has 3 aromatic rings. The van der Waals surface area contributed by atoms with Crippen molar-refractivity contribution in [2.75, 3.05) is 32.8 Å². The number of nitrogens with zero attached hydrogens (tertiary/aromatic N) is 2. The molecule has 2 N–H and O–H groups in total. The molecule has 0 radical (unpaired) electrons. The number of ether oxygens (including phenoxy) is 1. The van der Waals surface area contributed by atoms with Crippen molar-refractivity contribution in [3.8, 4) is 17.2 Å². The van der Waals surface area contributed by atoms with E-state index in [4.69, 9.17) is 9.15 Å². The van der Waals surface area contributed by atoms with Crippen LogP contribution in [0.25, 0.3) is 11.5 Å². The van der Waals surface area contributed by atoms with Gasteiger partial charge in [-0.3, -0.25) is 0 Å². The van der Waals surface area contributed by atoms with Crippen LogP contribution in [0.2, 0.25) is 0 Å². The fourth-order valence-electron chi connectivity index (χ4n) is 4.65. The minimum atomic E-state index is 0.217. The number of fused-ring (bicyclic) bond motifs is 1. The largest absolute Gasteiger partial charge is 0.493 e. The molecular formula is C24H30N4O2+2. The van der Waals surface area contributed by atoms with Crippen LogP contribution in [0.1, 0.15) is 35.5 Å². The third kappa shape index (κ3) is 3.98. The molecule has 0 aliphatic carbocycles. The summed E-state index contributed by atoms with van der Waals surface area (Å²) in [5.74, 6) is 2.43. The van der Waals surface area contributed by atoms with Crippen LogP contribution in [0.15, 0.2) is 46.9 Å². The zero-order chi connectivity index (χ0) is 20.5. The van der Waals surface area contributed by atoms with Crippen LogP contribution in [-0.2, 0) is 13.0 Å². The lowest BCUT2D eigenvalue weighted by atomic mass is 10.1. The van der Waals surface area contributed by atoms with Gasteiger partial charge < -0.3 is 19.0 Å². The molecule has 1 saturated heterocycles. The summed E-state index contributed by atoms with van der Waals surface area (Å²) in [5, 5.41) is 8.66. The fourth-order valence-corrected chi connectivity index (χ4v) is 4.65. The van der Waals surface area contributed by atoms with Gasteiger partial charge in [0.2, 0.25) is 5.89 Å². The maximum absolute atomic E-state index is 6.04. The first kappa shape index (κ1) is 19.3. The maximum Gasteiger partial charge on any atom is 0.274 e. The van der Waals surface area contributed by atoms with Gasteiger partial charge in [0, 0.05) is 17.5 Å². The van der Waals surface area contributed by atoms with Gasteiger partial charge in [0.05, 0.1) is 6.61 Å². The van der Waals surface area contributed by atoms with E-state index in [2.05, 4.69) is 54.4 Å². The Bertz CT molecular complexity index is 1020. The summed E-state index contributed by atoms with van der Waals surface area (Å²) in [6.07, 6.45) is 1.04. The van der Waals surface area contributed by atoms with Crippen LogP contribution < -0.4 is 14.5 Å². The molecule has 2 aliphatic rings. The van der Waals surface area contributed by atoms with Crippen molar-refractivity contribution in [2.45, 2.75) is 32.9 Å². The van der Waals surface area contributed by atoms with E-state index in [1.54, 1.807) is 4.90 Å². The average molecular weight is 407 g/mol. The van der Waals surface area contributed by atoms with Crippen LogP contribution in [0.3, 0.4) is 0 Å². The van der Waals surface area contributed by atoms with Crippen molar-refractivity contribution in [1.29, 1.82) is 0 Å². The van der Waals surface area contributed by atoms with Crippen molar-refractivity contribution in [3.05, 3.63) is 65.0 Å². The quantitative estimate of drug-likeness (QED) is 0.665. The van der Waals surface area contributed by atoms with Gasteiger partial charge in [0.15, 0.2) is 6.04 Å². The molecule has 2 aliphatic heterocycles. The van der Waals surface area contributed by atoms with Crippen molar-refractivity contribution < 1.29 is 19.0 Å². The summed E-state index contributed by atoms with van der Waals surface area (Å²) in [4.78, 5) is 3.18. The van der Waals surface area contributed by atoms with Gasteiger partial charge in [-0.25, -0.2) is 0 Å². The maximum atomic E-state index is 6.04. The Morgan fingerprint density at radius 2 is 1.90 bits per heavy atom. The lowest BCUT2D eigenvalue weighted by Gasteiger charge is -2.32. The average Bonchev–Trinajstić information content (AvgIpc) is 3.43. The predicted molar refractivity (Wildman–Crippen MR) is 114 cm³/mol. The van der Waals surface area contributed by atoms with E-state index in [1.807, 2.05) is 12.1 Å². The number of nitrogens with one attached hydrogen (secondary N) is 2. The Morgan fingerprint density at radius 3 is 2.73 bits per heavy atom. The molecule has 1 atom stereocenters.